The zero-order valence-electron chi connectivity index (χ0n) is 14.6. The van der Waals surface area contributed by atoms with Gasteiger partial charge in [0.05, 0.1) is 6.04 Å². The van der Waals surface area contributed by atoms with E-state index in [1.165, 1.54) is 16.5 Å². The first-order valence-electron chi connectivity index (χ1n) is 8.99. The third-order valence-corrected chi connectivity index (χ3v) is 6.30. The summed E-state index contributed by atoms with van der Waals surface area (Å²) in [6.45, 7) is 5.59. The predicted octanol–water partition coefficient (Wildman–Crippen LogP) is 3.26. The fourth-order valence-electron chi connectivity index (χ4n) is 3.95. The van der Waals surface area contributed by atoms with Crippen LogP contribution in [-0.2, 0) is 16.0 Å². The molecule has 0 bridgehead atoms. The second-order valence-corrected chi connectivity index (χ2v) is 7.97. The summed E-state index contributed by atoms with van der Waals surface area (Å²) in [7, 11) is 0. The van der Waals surface area contributed by atoms with Gasteiger partial charge in [0.15, 0.2) is 0 Å². The monoisotopic (exact) mass is 366 g/mol. The third kappa shape index (κ3) is 3.07. The van der Waals surface area contributed by atoms with E-state index in [0.29, 0.717) is 19.5 Å². The number of carbonyl (C=O) groups is 2. The molecule has 26 heavy (non-hydrogen) atoms. The average Bonchev–Trinajstić information content (AvgIpc) is 3.12. The van der Waals surface area contributed by atoms with E-state index >= 15 is 0 Å². The maximum absolute atomic E-state index is 13.1. The first kappa shape index (κ1) is 17.0. The second-order valence-electron chi connectivity index (χ2n) is 6.97. The second kappa shape index (κ2) is 7.08. The Morgan fingerprint density at radius 3 is 2.69 bits per heavy atom. The van der Waals surface area contributed by atoms with Gasteiger partial charge in [-0.25, -0.2) is 0 Å². The minimum atomic E-state index is -0.0447. The summed E-state index contributed by atoms with van der Waals surface area (Å²) in [5.41, 5.74) is 2.43. The van der Waals surface area contributed by atoms with Crippen LogP contribution >= 0.6 is 11.3 Å². The van der Waals surface area contributed by atoms with E-state index in [9.17, 15) is 9.59 Å². The van der Waals surface area contributed by atoms with Crippen molar-refractivity contribution in [3.8, 4) is 0 Å². The number of amides is 2. The highest BCUT2D eigenvalue weighted by molar-refractivity contribution is 7.10. The van der Waals surface area contributed by atoms with E-state index in [0.717, 1.165) is 18.5 Å². The lowest BCUT2D eigenvalue weighted by atomic mass is 9.90. The lowest BCUT2D eigenvalue weighted by Crippen LogP contribution is -2.51. The molecule has 134 valence electrons. The molecule has 2 aliphatic heterocycles. The van der Waals surface area contributed by atoms with Crippen LogP contribution in [0.4, 0.5) is 0 Å². The lowest BCUT2D eigenvalue weighted by Gasteiger charge is -2.41. The van der Waals surface area contributed by atoms with Gasteiger partial charge in [-0.15, -0.1) is 11.3 Å². The lowest BCUT2D eigenvalue weighted by molar-refractivity contribution is -0.140. The molecule has 1 saturated heterocycles. The summed E-state index contributed by atoms with van der Waals surface area (Å²) in [4.78, 5) is 29.8. The van der Waals surface area contributed by atoms with E-state index in [1.807, 2.05) is 23.1 Å². The fourth-order valence-corrected chi connectivity index (χ4v) is 4.86. The van der Waals surface area contributed by atoms with Crippen LogP contribution in [0.2, 0.25) is 0 Å². The molecule has 0 radical (unpaired) electrons. The number of fused-ring (bicyclic) bond motifs is 1. The van der Waals surface area contributed by atoms with Gasteiger partial charge < -0.3 is 9.80 Å². The summed E-state index contributed by atoms with van der Waals surface area (Å²) in [5.74, 6) is 0.398. The van der Waals surface area contributed by atoms with Crippen molar-refractivity contribution in [2.24, 2.45) is 5.92 Å². The van der Waals surface area contributed by atoms with Gasteiger partial charge in [0.2, 0.25) is 11.8 Å². The summed E-state index contributed by atoms with van der Waals surface area (Å²) < 4.78 is 0. The Hall–Kier alpha value is -2.40. The van der Waals surface area contributed by atoms with Crippen molar-refractivity contribution in [2.75, 3.05) is 19.6 Å². The van der Waals surface area contributed by atoms with Crippen LogP contribution in [0.5, 0.6) is 0 Å². The molecule has 0 saturated carbocycles. The van der Waals surface area contributed by atoms with Crippen LogP contribution in [-0.4, -0.2) is 41.2 Å². The van der Waals surface area contributed by atoms with Crippen molar-refractivity contribution in [1.82, 2.24) is 9.80 Å². The molecule has 0 aliphatic carbocycles. The van der Waals surface area contributed by atoms with E-state index in [-0.39, 0.29) is 23.8 Å². The van der Waals surface area contributed by atoms with Crippen molar-refractivity contribution in [1.29, 1.82) is 0 Å². The van der Waals surface area contributed by atoms with E-state index in [1.54, 1.807) is 16.2 Å². The molecule has 2 amide bonds. The highest BCUT2D eigenvalue weighted by Crippen LogP contribution is 2.38. The van der Waals surface area contributed by atoms with E-state index in [2.05, 4.69) is 30.2 Å². The van der Waals surface area contributed by atoms with E-state index < -0.39 is 0 Å². The molecule has 0 N–H and O–H groups in total. The quantitative estimate of drug-likeness (QED) is 0.780. The minimum absolute atomic E-state index is 0.00434. The summed E-state index contributed by atoms with van der Waals surface area (Å²) in [6.07, 6.45) is 2.77. The number of benzene rings is 1. The summed E-state index contributed by atoms with van der Waals surface area (Å²) in [6, 6.07) is 12.4. The van der Waals surface area contributed by atoms with Crippen LogP contribution < -0.4 is 0 Å². The maximum atomic E-state index is 13.1. The van der Waals surface area contributed by atoms with Crippen LogP contribution in [0.15, 0.2) is 54.4 Å². The van der Waals surface area contributed by atoms with Crippen molar-refractivity contribution in [3.05, 3.63) is 70.4 Å². The molecule has 1 fully saturated rings. The Balaban J connectivity index is 1.51. The molecule has 1 unspecified atom stereocenters. The van der Waals surface area contributed by atoms with Gasteiger partial charge >= 0.3 is 0 Å². The molecule has 4 nitrogen and oxygen atoms in total. The Kier molecular flexibility index (Phi) is 4.64. The van der Waals surface area contributed by atoms with Gasteiger partial charge in [-0.2, -0.15) is 0 Å². The number of likely N-dealkylation sites (tertiary alicyclic amines) is 1. The third-order valence-electron chi connectivity index (χ3n) is 5.31. The Morgan fingerprint density at radius 2 is 1.96 bits per heavy atom. The topological polar surface area (TPSA) is 40.6 Å². The molecule has 3 heterocycles. The number of nitrogens with zero attached hydrogens (tertiary/aromatic N) is 2. The molecular formula is C21H22N2O2S. The zero-order valence-corrected chi connectivity index (χ0v) is 15.5. The van der Waals surface area contributed by atoms with Crippen LogP contribution in [0.25, 0.3) is 0 Å². The van der Waals surface area contributed by atoms with Crippen molar-refractivity contribution in [2.45, 2.75) is 18.9 Å². The SMILES string of the molecule is C=CC(=O)N1CC(CC(=O)N2CCc3sccc3C2c2ccccc2)C1. The Bertz CT molecular complexity index is 824. The van der Waals surface area contributed by atoms with Gasteiger partial charge in [-0.05, 0) is 35.1 Å². The normalized spacial score (nSPS) is 19.6. The van der Waals surface area contributed by atoms with Gasteiger partial charge in [0.1, 0.15) is 0 Å². The summed E-state index contributed by atoms with van der Waals surface area (Å²) in [5, 5.41) is 2.12. The van der Waals surface area contributed by atoms with Gasteiger partial charge in [0.25, 0.3) is 0 Å². The molecule has 5 heteroatoms. The maximum Gasteiger partial charge on any atom is 0.245 e. The largest absolute Gasteiger partial charge is 0.338 e. The smallest absolute Gasteiger partial charge is 0.245 e. The predicted molar refractivity (Wildman–Crippen MR) is 103 cm³/mol. The standard InChI is InChI=1S/C21H22N2O2S/c1-2-19(24)22-13-15(14-22)12-20(25)23-10-8-18-17(9-11-26-18)21(23)16-6-4-3-5-7-16/h2-7,9,11,15,21H,1,8,10,12-14H2. The first-order valence-corrected chi connectivity index (χ1v) is 9.87. The molecule has 1 atom stereocenters. The number of hydrogen-bond acceptors (Lipinski definition) is 3. The Morgan fingerprint density at radius 1 is 1.19 bits per heavy atom. The number of carbonyl (C=O) groups excluding carboxylic acids is 2. The summed E-state index contributed by atoms with van der Waals surface area (Å²) >= 11 is 1.78. The van der Waals surface area contributed by atoms with Crippen molar-refractivity contribution < 1.29 is 9.59 Å². The van der Waals surface area contributed by atoms with Crippen molar-refractivity contribution >= 4 is 23.2 Å². The number of thiophene rings is 1. The highest BCUT2D eigenvalue weighted by atomic mass is 32.1. The van der Waals surface area contributed by atoms with Gasteiger partial charge in [-0.3, -0.25) is 9.59 Å². The molecule has 2 aliphatic rings. The number of rotatable bonds is 4. The number of hydrogen-bond donors (Lipinski definition) is 0. The minimum Gasteiger partial charge on any atom is -0.338 e. The van der Waals surface area contributed by atoms with Crippen LogP contribution in [0.3, 0.4) is 0 Å². The molecule has 0 spiro atoms. The molecule has 1 aromatic heterocycles. The Labute approximate surface area is 157 Å². The fraction of sp³-hybridized carbons (Fsp3) is 0.333. The molecule has 1 aromatic carbocycles. The first-order chi connectivity index (χ1) is 12.7. The van der Waals surface area contributed by atoms with Crippen LogP contribution in [0, 0.1) is 5.92 Å². The molecule has 4 rings (SSSR count). The van der Waals surface area contributed by atoms with Crippen molar-refractivity contribution in [3.63, 3.8) is 0 Å². The molecular weight excluding hydrogens is 344 g/mol. The van der Waals surface area contributed by atoms with E-state index in [4.69, 9.17) is 0 Å². The highest BCUT2D eigenvalue weighted by Gasteiger charge is 2.36. The zero-order chi connectivity index (χ0) is 18.1. The molecule has 2 aromatic rings. The van der Waals surface area contributed by atoms with Crippen LogP contribution in [0.1, 0.15) is 28.5 Å². The van der Waals surface area contributed by atoms with Gasteiger partial charge in [0, 0.05) is 36.9 Å². The van der Waals surface area contributed by atoms with Gasteiger partial charge in [-0.1, -0.05) is 36.9 Å². The average molecular weight is 366 g/mol.